The quantitative estimate of drug-likeness (QED) is 0.611. The zero-order chi connectivity index (χ0) is 11.3. The van der Waals surface area contributed by atoms with Crippen LogP contribution in [0.15, 0.2) is 0 Å². The van der Waals surface area contributed by atoms with E-state index in [9.17, 15) is 4.79 Å². The summed E-state index contributed by atoms with van der Waals surface area (Å²) in [5.74, 6) is 1.63. The summed E-state index contributed by atoms with van der Waals surface area (Å²) in [6.07, 6.45) is 3.85. The molecule has 15 heavy (non-hydrogen) atoms. The third-order valence-electron chi connectivity index (χ3n) is 3.04. The van der Waals surface area contributed by atoms with E-state index in [0.29, 0.717) is 12.6 Å². The fourth-order valence-electron chi connectivity index (χ4n) is 2.58. The van der Waals surface area contributed by atoms with Gasteiger partial charge < -0.3 is 16.4 Å². The van der Waals surface area contributed by atoms with Gasteiger partial charge in [0.1, 0.15) is 0 Å². The van der Waals surface area contributed by atoms with Crippen molar-refractivity contribution in [2.24, 2.45) is 17.6 Å². The normalized spacial score (nSPS) is 31.2. The summed E-state index contributed by atoms with van der Waals surface area (Å²) in [5, 5.41) is 6.05. The zero-order valence-electron chi connectivity index (χ0n) is 9.75. The van der Waals surface area contributed by atoms with Gasteiger partial charge in [-0.1, -0.05) is 13.8 Å². The van der Waals surface area contributed by atoms with Crippen LogP contribution in [0.5, 0.6) is 0 Å². The third-order valence-corrected chi connectivity index (χ3v) is 3.04. The molecule has 0 spiro atoms. The van der Waals surface area contributed by atoms with Gasteiger partial charge in [0.15, 0.2) is 0 Å². The molecule has 1 fully saturated rings. The fourth-order valence-corrected chi connectivity index (χ4v) is 2.58. The van der Waals surface area contributed by atoms with E-state index in [4.69, 9.17) is 5.73 Å². The summed E-state index contributed by atoms with van der Waals surface area (Å²) in [7, 11) is 0. The highest BCUT2D eigenvalue weighted by atomic mass is 16.2. The van der Waals surface area contributed by atoms with Crippen LogP contribution in [-0.4, -0.2) is 25.2 Å². The Morgan fingerprint density at radius 2 is 1.80 bits per heavy atom. The first-order chi connectivity index (χ1) is 7.08. The predicted octanol–water partition coefficient (Wildman–Crippen LogP) is 1.07. The summed E-state index contributed by atoms with van der Waals surface area (Å²) in [5.41, 5.74) is 4.98. The fraction of sp³-hybridized carbons (Fsp3) is 0.909. The van der Waals surface area contributed by atoms with Gasteiger partial charge in [-0.2, -0.15) is 0 Å². The molecule has 0 aromatic rings. The minimum atomic E-state index is -0.442. The molecule has 2 atom stereocenters. The Morgan fingerprint density at radius 3 is 2.33 bits per heavy atom. The van der Waals surface area contributed by atoms with Gasteiger partial charge in [-0.25, -0.2) is 4.79 Å². The average Bonchev–Trinajstić information content (AvgIpc) is 2.10. The van der Waals surface area contributed by atoms with Gasteiger partial charge in [0.05, 0.1) is 0 Å². The molecule has 0 aliphatic heterocycles. The predicted molar refractivity (Wildman–Crippen MR) is 61.6 cm³/mol. The first kappa shape index (κ1) is 12.3. The molecule has 1 rings (SSSR count). The van der Waals surface area contributed by atoms with Crippen LogP contribution in [0.3, 0.4) is 0 Å². The van der Waals surface area contributed by atoms with E-state index in [1.807, 2.05) is 0 Å². The monoisotopic (exact) mass is 213 g/mol. The van der Waals surface area contributed by atoms with E-state index in [1.54, 1.807) is 0 Å². The number of nitrogens with one attached hydrogen (secondary N) is 2. The molecule has 88 valence electrons. The second-order valence-corrected chi connectivity index (χ2v) is 4.86. The number of nitrogens with two attached hydrogens (primary N) is 1. The molecule has 4 heteroatoms. The van der Waals surface area contributed by atoms with Crippen molar-refractivity contribution >= 4 is 6.03 Å². The van der Waals surface area contributed by atoms with Crippen LogP contribution in [0, 0.1) is 11.8 Å². The molecule has 0 radical (unpaired) electrons. The maximum absolute atomic E-state index is 10.4. The maximum Gasteiger partial charge on any atom is 0.312 e. The summed E-state index contributed by atoms with van der Waals surface area (Å²) in [6.45, 7) is 6.06. The Labute approximate surface area is 92.0 Å². The molecule has 0 aromatic heterocycles. The van der Waals surface area contributed by atoms with Gasteiger partial charge >= 0.3 is 6.03 Å². The first-order valence-corrected chi connectivity index (χ1v) is 5.84. The van der Waals surface area contributed by atoms with Crippen molar-refractivity contribution in [3.05, 3.63) is 0 Å². The molecule has 1 aliphatic carbocycles. The minimum absolute atomic E-state index is 0.442. The summed E-state index contributed by atoms with van der Waals surface area (Å²) in [4.78, 5) is 10.4. The van der Waals surface area contributed by atoms with Crippen molar-refractivity contribution in [3.63, 3.8) is 0 Å². The van der Waals surface area contributed by atoms with E-state index < -0.39 is 6.03 Å². The lowest BCUT2D eigenvalue weighted by Crippen LogP contribution is -2.41. The molecule has 0 heterocycles. The summed E-state index contributed by atoms with van der Waals surface area (Å²) in [6, 6.07) is 0.167. The van der Waals surface area contributed by atoms with E-state index >= 15 is 0 Å². The third kappa shape index (κ3) is 5.02. The van der Waals surface area contributed by atoms with Gasteiger partial charge in [-0.15, -0.1) is 0 Å². The SMILES string of the molecule is CC1CC(C)CC(NCCNC(N)=O)C1. The van der Waals surface area contributed by atoms with Crippen molar-refractivity contribution in [2.75, 3.05) is 13.1 Å². The number of amides is 2. The van der Waals surface area contributed by atoms with Crippen LogP contribution >= 0.6 is 0 Å². The second kappa shape index (κ2) is 5.95. The first-order valence-electron chi connectivity index (χ1n) is 5.84. The number of rotatable bonds is 4. The van der Waals surface area contributed by atoms with Gasteiger partial charge in [0, 0.05) is 19.1 Å². The molecular weight excluding hydrogens is 190 g/mol. The maximum atomic E-state index is 10.4. The van der Waals surface area contributed by atoms with E-state index in [2.05, 4.69) is 24.5 Å². The average molecular weight is 213 g/mol. The molecule has 4 N–H and O–H groups in total. The number of carbonyl (C=O) groups is 1. The highest BCUT2D eigenvalue weighted by Crippen LogP contribution is 2.28. The van der Waals surface area contributed by atoms with Crippen LogP contribution in [0.25, 0.3) is 0 Å². The molecule has 4 nitrogen and oxygen atoms in total. The van der Waals surface area contributed by atoms with E-state index in [0.717, 1.165) is 18.4 Å². The number of urea groups is 1. The van der Waals surface area contributed by atoms with Crippen molar-refractivity contribution < 1.29 is 4.79 Å². The molecule has 1 aliphatic rings. The Hall–Kier alpha value is -0.770. The van der Waals surface area contributed by atoms with Crippen LogP contribution in [-0.2, 0) is 0 Å². The van der Waals surface area contributed by atoms with E-state index in [-0.39, 0.29) is 0 Å². The zero-order valence-corrected chi connectivity index (χ0v) is 9.75. The van der Waals surface area contributed by atoms with Crippen molar-refractivity contribution in [1.29, 1.82) is 0 Å². The lowest BCUT2D eigenvalue weighted by atomic mass is 9.80. The number of carbonyl (C=O) groups excluding carboxylic acids is 1. The molecule has 2 unspecified atom stereocenters. The van der Waals surface area contributed by atoms with Crippen LogP contribution in [0.2, 0.25) is 0 Å². The number of hydrogen-bond donors (Lipinski definition) is 3. The molecule has 0 saturated heterocycles. The Bertz CT molecular complexity index is 198. The molecule has 1 saturated carbocycles. The van der Waals surface area contributed by atoms with Crippen molar-refractivity contribution in [2.45, 2.75) is 39.2 Å². The molecule has 0 bridgehead atoms. The van der Waals surface area contributed by atoms with Crippen LogP contribution < -0.4 is 16.4 Å². The minimum Gasteiger partial charge on any atom is -0.352 e. The smallest absolute Gasteiger partial charge is 0.312 e. The standard InChI is InChI=1S/C11H23N3O/c1-8-5-9(2)7-10(6-8)13-3-4-14-11(12)15/h8-10,13H,3-7H2,1-2H3,(H3,12,14,15). The number of hydrogen-bond acceptors (Lipinski definition) is 2. The van der Waals surface area contributed by atoms with Gasteiger partial charge in [0.2, 0.25) is 0 Å². The van der Waals surface area contributed by atoms with E-state index in [1.165, 1.54) is 19.3 Å². The Morgan fingerprint density at radius 1 is 1.20 bits per heavy atom. The highest BCUT2D eigenvalue weighted by Gasteiger charge is 2.22. The Balaban J connectivity index is 2.12. The van der Waals surface area contributed by atoms with Gasteiger partial charge in [-0.3, -0.25) is 0 Å². The second-order valence-electron chi connectivity index (χ2n) is 4.86. The van der Waals surface area contributed by atoms with Crippen molar-refractivity contribution in [3.8, 4) is 0 Å². The number of primary amides is 1. The molecular formula is C11H23N3O. The topological polar surface area (TPSA) is 67.2 Å². The summed E-state index contributed by atoms with van der Waals surface area (Å²) < 4.78 is 0. The van der Waals surface area contributed by atoms with Crippen molar-refractivity contribution in [1.82, 2.24) is 10.6 Å². The lowest BCUT2D eigenvalue weighted by Gasteiger charge is -2.32. The molecule has 2 amide bonds. The lowest BCUT2D eigenvalue weighted by molar-refractivity contribution is 0.236. The van der Waals surface area contributed by atoms with Crippen LogP contribution in [0.4, 0.5) is 4.79 Å². The highest BCUT2D eigenvalue weighted by molar-refractivity contribution is 5.71. The molecule has 0 aromatic carbocycles. The van der Waals surface area contributed by atoms with Crippen LogP contribution in [0.1, 0.15) is 33.1 Å². The van der Waals surface area contributed by atoms with Gasteiger partial charge in [0.25, 0.3) is 0 Å². The Kier molecular flexibility index (Phi) is 4.88. The van der Waals surface area contributed by atoms with Gasteiger partial charge in [-0.05, 0) is 31.1 Å². The largest absolute Gasteiger partial charge is 0.352 e. The summed E-state index contributed by atoms with van der Waals surface area (Å²) >= 11 is 0.